The zero-order valence-electron chi connectivity index (χ0n) is 13.6. The minimum Gasteiger partial charge on any atom is -0.366 e. The molecule has 0 unspecified atom stereocenters. The minimum absolute atomic E-state index is 0.00918. The molecule has 6 heteroatoms. The fourth-order valence-corrected chi connectivity index (χ4v) is 3.54. The molecule has 0 radical (unpaired) electrons. The summed E-state index contributed by atoms with van der Waals surface area (Å²) in [7, 11) is 0. The highest BCUT2D eigenvalue weighted by molar-refractivity contribution is 5.92. The molecule has 4 rings (SSSR count). The van der Waals surface area contributed by atoms with Crippen LogP contribution in [0, 0.1) is 5.82 Å². The number of anilines is 1. The lowest BCUT2D eigenvalue weighted by molar-refractivity contribution is 0.0741. The monoisotopic (exact) mass is 328 g/mol. The van der Waals surface area contributed by atoms with Crippen molar-refractivity contribution in [1.82, 2.24) is 14.5 Å². The second-order valence-electron chi connectivity index (χ2n) is 6.42. The molecule has 5 nitrogen and oxygen atoms in total. The Labute approximate surface area is 140 Å². The Kier molecular flexibility index (Phi) is 3.96. The topological polar surface area (TPSA) is 41.4 Å². The zero-order valence-corrected chi connectivity index (χ0v) is 13.6. The lowest BCUT2D eigenvalue weighted by atomic mass is 10.2. The average Bonchev–Trinajstić information content (AvgIpc) is 3.06. The number of hydrogen-bond acceptors (Lipinski definition) is 3. The van der Waals surface area contributed by atoms with Crippen LogP contribution in [0.25, 0.3) is 0 Å². The minimum atomic E-state index is -0.209. The van der Waals surface area contributed by atoms with Crippen molar-refractivity contribution in [3.8, 4) is 0 Å². The molecule has 3 heterocycles. The molecule has 1 aromatic heterocycles. The van der Waals surface area contributed by atoms with E-state index in [4.69, 9.17) is 0 Å². The smallest absolute Gasteiger partial charge is 0.274 e. The third-order valence-corrected chi connectivity index (χ3v) is 4.89. The van der Waals surface area contributed by atoms with Crippen molar-refractivity contribution in [2.75, 3.05) is 31.1 Å². The molecule has 0 atom stereocenters. The molecule has 0 bridgehead atoms. The van der Waals surface area contributed by atoms with Crippen molar-refractivity contribution >= 4 is 11.6 Å². The number of halogens is 1. The molecule has 1 amide bonds. The summed E-state index contributed by atoms with van der Waals surface area (Å²) in [6.45, 7) is 3.42. The number of aromatic nitrogens is 2. The maximum absolute atomic E-state index is 13.9. The number of rotatable bonds is 2. The number of carbonyl (C=O) groups is 1. The lowest BCUT2D eigenvalue weighted by Gasteiger charge is -2.35. The quantitative estimate of drug-likeness (QED) is 0.849. The van der Waals surface area contributed by atoms with Crippen LogP contribution in [0.15, 0.2) is 30.5 Å². The standard InChI is InChI=1S/C18H21FN4O/c19-14-5-1-2-6-16(14)21-9-11-22(12-10-21)18(24)15-13-23-8-4-3-7-17(23)20-15/h1-2,5-6,13H,3-4,7-12H2. The van der Waals surface area contributed by atoms with Gasteiger partial charge in [-0.1, -0.05) is 12.1 Å². The van der Waals surface area contributed by atoms with Crippen LogP contribution in [0.4, 0.5) is 10.1 Å². The second-order valence-corrected chi connectivity index (χ2v) is 6.42. The highest BCUT2D eigenvalue weighted by Crippen LogP contribution is 2.21. The summed E-state index contributed by atoms with van der Waals surface area (Å²) >= 11 is 0. The third-order valence-electron chi connectivity index (χ3n) is 4.89. The second kappa shape index (κ2) is 6.26. The number of hydrogen-bond donors (Lipinski definition) is 0. The van der Waals surface area contributed by atoms with E-state index < -0.39 is 0 Å². The number of carbonyl (C=O) groups excluding carboxylic acids is 1. The first-order valence-electron chi connectivity index (χ1n) is 8.57. The summed E-state index contributed by atoms with van der Waals surface area (Å²) in [5.74, 6) is 0.804. The largest absolute Gasteiger partial charge is 0.366 e. The predicted molar refractivity (Wildman–Crippen MR) is 89.7 cm³/mol. The molecule has 2 aliphatic rings. The molecule has 0 saturated carbocycles. The van der Waals surface area contributed by atoms with Crippen LogP contribution in [0.2, 0.25) is 0 Å². The molecule has 1 aromatic carbocycles. The van der Waals surface area contributed by atoms with Gasteiger partial charge < -0.3 is 14.4 Å². The Morgan fingerprint density at radius 1 is 1.04 bits per heavy atom. The van der Waals surface area contributed by atoms with E-state index >= 15 is 0 Å². The molecule has 1 fully saturated rings. The van der Waals surface area contributed by atoms with Gasteiger partial charge in [0.1, 0.15) is 17.3 Å². The van der Waals surface area contributed by atoms with E-state index in [9.17, 15) is 9.18 Å². The van der Waals surface area contributed by atoms with Crippen LogP contribution in [0.5, 0.6) is 0 Å². The van der Waals surface area contributed by atoms with E-state index in [2.05, 4.69) is 9.55 Å². The average molecular weight is 328 g/mol. The molecular weight excluding hydrogens is 307 g/mol. The van der Waals surface area contributed by atoms with Gasteiger partial charge in [0, 0.05) is 45.3 Å². The van der Waals surface area contributed by atoms with Crippen LogP contribution in [0.3, 0.4) is 0 Å². The third kappa shape index (κ3) is 2.77. The van der Waals surface area contributed by atoms with Gasteiger partial charge in [0.2, 0.25) is 0 Å². The SMILES string of the molecule is O=C(c1cn2c(n1)CCCC2)N1CCN(c2ccccc2F)CC1. The normalized spacial score (nSPS) is 17.7. The van der Waals surface area contributed by atoms with Crippen LogP contribution in [-0.4, -0.2) is 46.5 Å². The van der Waals surface area contributed by atoms with Crippen molar-refractivity contribution in [2.45, 2.75) is 25.8 Å². The van der Waals surface area contributed by atoms with E-state index in [1.165, 1.54) is 6.07 Å². The molecule has 2 aliphatic heterocycles. The fraction of sp³-hybridized carbons (Fsp3) is 0.444. The molecular formula is C18H21FN4O. The first kappa shape index (κ1) is 15.2. The van der Waals surface area contributed by atoms with Gasteiger partial charge >= 0.3 is 0 Å². The van der Waals surface area contributed by atoms with Crippen molar-refractivity contribution in [1.29, 1.82) is 0 Å². The van der Waals surface area contributed by atoms with Crippen LogP contribution >= 0.6 is 0 Å². The number of aryl methyl sites for hydroxylation is 2. The van der Waals surface area contributed by atoms with Crippen LogP contribution in [0.1, 0.15) is 29.2 Å². The molecule has 0 spiro atoms. The van der Waals surface area contributed by atoms with E-state index in [0.717, 1.165) is 31.6 Å². The molecule has 24 heavy (non-hydrogen) atoms. The summed E-state index contributed by atoms with van der Waals surface area (Å²) in [6.07, 6.45) is 5.14. The molecule has 0 aliphatic carbocycles. The van der Waals surface area contributed by atoms with E-state index in [1.54, 1.807) is 12.1 Å². The molecule has 126 valence electrons. The fourth-order valence-electron chi connectivity index (χ4n) is 3.54. The molecule has 1 saturated heterocycles. The first-order chi connectivity index (χ1) is 11.7. The summed E-state index contributed by atoms with van der Waals surface area (Å²) in [6, 6.07) is 6.80. The van der Waals surface area contributed by atoms with Gasteiger partial charge in [-0.2, -0.15) is 0 Å². The number of piperazine rings is 1. The van der Waals surface area contributed by atoms with Gasteiger partial charge in [0.15, 0.2) is 0 Å². The number of benzene rings is 1. The summed E-state index contributed by atoms with van der Waals surface area (Å²) in [5, 5.41) is 0. The van der Waals surface area contributed by atoms with E-state index in [0.29, 0.717) is 37.6 Å². The molecule has 0 N–H and O–H groups in total. The van der Waals surface area contributed by atoms with Gasteiger partial charge in [-0.05, 0) is 25.0 Å². The van der Waals surface area contributed by atoms with Gasteiger partial charge in [0.25, 0.3) is 5.91 Å². The Bertz CT molecular complexity index is 726. The van der Waals surface area contributed by atoms with Gasteiger partial charge in [-0.25, -0.2) is 9.37 Å². The van der Waals surface area contributed by atoms with Crippen LogP contribution < -0.4 is 4.90 Å². The Balaban J connectivity index is 1.43. The maximum atomic E-state index is 13.9. The van der Waals surface area contributed by atoms with Crippen molar-refractivity contribution in [3.63, 3.8) is 0 Å². The first-order valence-corrected chi connectivity index (χ1v) is 8.57. The zero-order chi connectivity index (χ0) is 16.5. The van der Waals surface area contributed by atoms with Crippen LogP contribution in [-0.2, 0) is 13.0 Å². The number of amides is 1. The highest BCUT2D eigenvalue weighted by Gasteiger charge is 2.26. The Morgan fingerprint density at radius 3 is 2.58 bits per heavy atom. The Morgan fingerprint density at radius 2 is 1.83 bits per heavy atom. The van der Waals surface area contributed by atoms with Crippen molar-refractivity contribution < 1.29 is 9.18 Å². The lowest BCUT2D eigenvalue weighted by Crippen LogP contribution is -2.49. The number of fused-ring (bicyclic) bond motifs is 1. The summed E-state index contributed by atoms with van der Waals surface area (Å²) in [4.78, 5) is 21.0. The Hall–Kier alpha value is -2.37. The molecule has 2 aromatic rings. The highest BCUT2D eigenvalue weighted by atomic mass is 19.1. The van der Waals surface area contributed by atoms with Gasteiger partial charge in [-0.3, -0.25) is 4.79 Å². The number of nitrogens with zero attached hydrogens (tertiary/aromatic N) is 4. The van der Waals surface area contributed by atoms with Gasteiger partial charge in [-0.15, -0.1) is 0 Å². The van der Waals surface area contributed by atoms with Gasteiger partial charge in [0.05, 0.1) is 5.69 Å². The van der Waals surface area contributed by atoms with Crippen molar-refractivity contribution in [3.05, 3.63) is 47.8 Å². The summed E-state index contributed by atoms with van der Waals surface area (Å²) in [5.41, 5.74) is 1.16. The summed E-state index contributed by atoms with van der Waals surface area (Å²) < 4.78 is 16.0. The maximum Gasteiger partial charge on any atom is 0.274 e. The number of imidazole rings is 1. The van der Waals surface area contributed by atoms with Crippen molar-refractivity contribution in [2.24, 2.45) is 0 Å². The van der Waals surface area contributed by atoms with E-state index in [1.807, 2.05) is 22.1 Å². The van der Waals surface area contributed by atoms with E-state index in [-0.39, 0.29) is 11.7 Å². The predicted octanol–water partition coefficient (Wildman–Crippen LogP) is 2.32. The number of para-hydroxylation sites is 1.